The highest BCUT2D eigenvalue weighted by molar-refractivity contribution is 8.00. The predicted molar refractivity (Wildman–Crippen MR) is 91.2 cm³/mol. The molecule has 0 spiro atoms. The fourth-order valence-electron chi connectivity index (χ4n) is 2.06. The number of imidazole rings is 1. The van der Waals surface area contributed by atoms with Crippen molar-refractivity contribution in [2.45, 2.75) is 25.0 Å². The van der Waals surface area contributed by atoms with Crippen LogP contribution in [0.2, 0.25) is 0 Å². The molecule has 7 heteroatoms. The van der Waals surface area contributed by atoms with E-state index in [1.54, 1.807) is 0 Å². The third-order valence-electron chi connectivity index (χ3n) is 3.36. The molecule has 0 bridgehead atoms. The van der Waals surface area contributed by atoms with Gasteiger partial charge in [0, 0.05) is 13.0 Å². The number of thioether (sulfide) groups is 1. The zero-order chi connectivity index (χ0) is 16.7. The molecule has 1 heterocycles. The monoisotopic (exact) mass is 335 g/mol. The summed E-state index contributed by atoms with van der Waals surface area (Å²) >= 11 is 1.52. The van der Waals surface area contributed by atoms with Gasteiger partial charge < -0.3 is 15.0 Å². The van der Waals surface area contributed by atoms with Gasteiger partial charge in [-0.05, 0) is 25.5 Å². The van der Waals surface area contributed by atoms with E-state index in [-0.39, 0.29) is 17.1 Å². The molecule has 2 aromatic rings. The van der Waals surface area contributed by atoms with Crippen LogP contribution < -0.4 is 5.32 Å². The molecule has 0 radical (unpaired) electrons. The lowest BCUT2D eigenvalue weighted by Gasteiger charge is -2.08. The number of hydrogen-bond donors (Lipinski definition) is 2. The second-order valence-corrected chi connectivity index (χ2v) is 6.45. The van der Waals surface area contributed by atoms with Crippen molar-refractivity contribution in [3.05, 3.63) is 30.1 Å². The van der Waals surface area contributed by atoms with Crippen LogP contribution in [0.1, 0.15) is 30.8 Å². The van der Waals surface area contributed by atoms with Gasteiger partial charge in [-0.25, -0.2) is 4.98 Å². The second kappa shape index (κ2) is 8.57. The molecule has 0 aliphatic carbocycles. The first-order valence-corrected chi connectivity index (χ1v) is 8.55. The van der Waals surface area contributed by atoms with Crippen LogP contribution in [-0.4, -0.2) is 41.3 Å². The number of esters is 1. The van der Waals surface area contributed by atoms with Crippen molar-refractivity contribution in [2.75, 3.05) is 19.4 Å². The topological polar surface area (TPSA) is 84.1 Å². The number of rotatable bonds is 8. The van der Waals surface area contributed by atoms with Gasteiger partial charge in [0.1, 0.15) is 5.82 Å². The first kappa shape index (κ1) is 17.3. The van der Waals surface area contributed by atoms with E-state index in [0.717, 1.165) is 16.9 Å². The van der Waals surface area contributed by atoms with Gasteiger partial charge in [-0.1, -0.05) is 12.1 Å². The van der Waals surface area contributed by atoms with Crippen molar-refractivity contribution in [1.82, 2.24) is 15.3 Å². The molecule has 2 rings (SSSR count). The maximum Gasteiger partial charge on any atom is 0.305 e. The molecule has 0 aliphatic rings. The molecule has 0 saturated carbocycles. The number of carbonyl (C=O) groups is 2. The van der Waals surface area contributed by atoms with E-state index >= 15 is 0 Å². The number of ether oxygens (including phenoxy) is 1. The number of aromatic nitrogens is 2. The standard InChI is InChI=1S/C16H21N3O3S/c1-11(16-18-12-6-3-4-7-13(12)19-16)23-10-14(20)17-9-5-8-15(21)22-2/h3-4,6-7,11H,5,8-10H2,1-2H3,(H,17,20)(H,18,19). The average molecular weight is 335 g/mol. The van der Waals surface area contributed by atoms with Gasteiger partial charge in [0.2, 0.25) is 5.91 Å². The number of nitrogens with zero attached hydrogens (tertiary/aromatic N) is 1. The molecule has 1 amide bonds. The Morgan fingerprint density at radius 3 is 2.91 bits per heavy atom. The maximum atomic E-state index is 11.8. The van der Waals surface area contributed by atoms with Gasteiger partial charge >= 0.3 is 5.97 Å². The number of H-pyrrole nitrogens is 1. The number of nitrogens with one attached hydrogen (secondary N) is 2. The number of benzene rings is 1. The summed E-state index contributed by atoms with van der Waals surface area (Å²) in [5, 5.41) is 2.90. The lowest BCUT2D eigenvalue weighted by Crippen LogP contribution is -2.26. The quantitative estimate of drug-likeness (QED) is 0.572. The Morgan fingerprint density at radius 2 is 2.17 bits per heavy atom. The van der Waals surface area contributed by atoms with Crippen LogP contribution in [0.3, 0.4) is 0 Å². The highest BCUT2D eigenvalue weighted by Gasteiger charge is 2.13. The highest BCUT2D eigenvalue weighted by Crippen LogP contribution is 2.27. The summed E-state index contributed by atoms with van der Waals surface area (Å²) in [6.07, 6.45) is 0.904. The normalized spacial score (nSPS) is 12.1. The molecule has 2 N–H and O–H groups in total. The van der Waals surface area contributed by atoms with Gasteiger partial charge in [-0.2, -0.15) is 0 Å². The van der Waals surface area contributed by atoms with Crippen LogP contribution in [-0.2, 0) is 14.3 Å². The average Bonchev–Trinajstić information content (AvgIpc) is 3.00. The van der Waals surface area contributed by atoms with E-state index in [1.165, 1.54) is 18.9 Å². The van der Waals surface area contributed by atoms with Crippen LogP contribution in [0.5, 0.6) is 0 Å². The molecule has 6 nitrogen and oxygen atoms in total. The van der Waals surface area contributed by atoms with E-state index in [9.17, 15) is 9.59 Å². The van der Waals surface area contributed by atoms with Gasteiger partial charge in [-0.15, -0.1) is 11.8 Å². The smallest absolute Gasteiger partial charge is 0.305 e. The Kier molecular flexibility index (Phi) is 6.46. The van der Waals surface area contributed by atoms with Gasteiger partial charge in [-0.3, -0.25) is 9.59 Å². The fourth-order valence-corrected chi connectivity index (χ4v) is 2.83. The number of hydrogen-bond acceptors (Lipinski definition) is 5. The SMILES string of the molecule is COC(=O)CCCNC(=O)CSC(C)c1nc2ccccc2[nH]1. The van der Waals surface area contributed by atoms with E-state index in [1.807, 2.05) is 31.2 Å². The van der Waals surface area contributed by atoms with Crippen LogP contribution in [0.25, 0.3) is 11.0 Å². The maximum absolute atomic E-state index is 11.8. The molecule has 0 fully saturated rings. The lowest BCUT2D eigenvalue weighted by molar-refractivity contribution is -0.140. The van der Waals surface area contributed by atoms with E-state index in [4.69, 9.17) is 0 Å². The number of carbonyl (C=O) groups excluding carboxylic acids is 2. The van der Waals surface area contributed by atoms with E-state index in [2.05, 4.69) is 20.0 Å². The number of aromatic amines is 1. The summed E-state index contributed by atoms with van der Waals surface area (Å²) in [4.78, 5) is 30.5. The molecule has 124 valence electrons. The van der Waals surface area contributed by atoms with E-state index in [0.29, 0.717) is 25.1 Å². The fraction of sp³-hybridized carbons (Fsp3) is 0.438. The highest BCUT2D eigenvalue weighted by atomic mass is 32.2. The Labute approximate surface area is 139 Å². The molecule has 0 aliphatic heterocycles. The van der Waals surface area contributed by atoms with Crippen molar-refractivity contribution in [2.24, 2.45) is 0 Å². The first-order valence-electron chi connectivity index (χ1n) is 7.50. The Hall–Kier alpha value is -2.02. The molecule has 23 heavy (non-hydrogen) atoms. The van der Waals surface area contributed by atoms with Gasteiger partial charge in [0.25, 0.3) is 0 Å². The largest absolute Gasteiger partial charge is 0.469 e. The van der Waals surface area contributed by atoms with Crippen molar-refractivity contribution in [1.29, 1.82) is 0 Å². The zero-order valence-electron chi connectivity index (χ0n) is 13.3. The number of methoxy groups -OCH3 is 1. The third-order valence-corrected chi connectivity index (χ3v) is 4.52. The summed E-state index contributed by atoms with van der Waals surface area (Å²) in [5.74, 6) is 0.931. The number of fused-ring (bicyclic) bond motifs is 1. The summed E-state index contributed by atoms with van der Waals surface area (Å²) in [5.41, 5.74) is 1.93. The Balaban J connectivity index is 1.72. The van der Waals surface area contributed by atoms with Crippen LogP contribution in [0.4, 0.5) is 0 Å². The molecule has 1 aromatic heterocycles. The summed E-state index contributed by atoms with van der Waals surface area (Å²) in [6, 6.07) is 7.86. The number of amides is 1. The minimum Gasteiger partial charge on any atom is -0.469 e. The predicted octanol–water partition coefficient (Wildman–Crippen LogP) is 2.43. The van der Waals surface area contributed by atoms with Gasteiger partial charge in [0.05, 0.1) is 29.1 Å². The minimum atomic E-state index is -0.257. The van der Waals surface area contributed by atoms with Crippen LogP contribution >= 0.6 is 11.8 Å². The number of para-hydroxylation sites is 2. The Bertz CT molecular complexity index is 638. The van der Waals surface area contributed by atoms with Crippen LogP contribution in [0.15, 0.2) is 24.3 Å². The Morgan fingerprint density at radius 1 is 1.39 bits per heavy atom. The summed E-state index contributed by atoms with van der Waals surface area (Å²) in [6.45, 7) is 2.50. The zero-order valence-corrected chi connectivity index (χ0v) is 14.1. The third kappa shape index (κ3) is 5.28. The lowest BCUT2D eigenvalue weighted by atomic mass is 10.3. The van der Waals surface area contributed by atoms with E-state index < -0.39 is 0 Å². The second-order valence-electron chi connectivity index (χ2n) is 5.12. The first-order chi connectivity index (χ1) is 11.1. The summed E-state index contributed by atoms with van der Waals surface area (Å²) < 4.78 is 4.54. The molecule has 1 unspecified atom stereocenters. The molecule has 0 saturated heterocycles. The van der Waals surface area contributed by atoms with Crippen molar-refractivity contribution >= 4 is 34.7 Å². The van der Waals surface area contributed by atoms with Crippen molar-refractivity contribution < 1.29 is 14.3 Å². The molecular weight excluding hydrogens is 314 g/mol. The van der Waals surface area contributed by atoms with Gasteiger partial charge in [0.15, 0.2) is 0 Å². The summed E-state index contributed by atoms with van der Waals surface area (Å²) in [7, 11) is 1.36. The van der Waals surface area contributed by atoms with Crippen molar-refractivity contribution in [3.63, 3.8) is 0 Å². The minimum absolute atomic E-state index is 0.0390. The molecule has 1 aromatic carbocycles. The van der Waals surface area contributed by atoms with Crippen molar-refractivity contribution in [3.8, 4) is 0 Å². The molecular formula is C16H21N3O3S. The van der Waals surface area contributed by atoms with Crippen LogP contribution in [0, 0.1) is 0 Å². The molecule has 1 atom stereocenters.